The van der Waals surface area contributed by atoms with Crippen LogP contribution in [0.3, 0.4) is 0 Å². The van der Waals surface area contributed by atoms with Crippen LogP contribution < -0.4 is 9.64 Å². The van der Waals surface area contributed by atoms with Crippen molar-refractivity contribution in [3.63, 3.8) is 0 Å². The first-order valence-electron chi connectivity index (χ1n) is 5.64. The minimum Gasteiger partial charge on any atom is -0.490 e. The van der Waals surface area contributed by atoms with Crippen molar-refractivity contribution in [3.8, 4) is 5.75 Å². The number of anilines is 1. The zero-order valence-electron chi connectivity index (χ0n) is 10.3. The highest BCUT2D eigenvalue weighted by Gasteiger charge is 2.31. The molecule has 1 aliphatic rings. The van der Waals surface area contributed by atoms with E-state index in [2.05, 4.69) is 15.9 Å². The fourth-order valence-electron chi connectivity index (χ4n) is 1.81. The van der Waals surface area contributed by atoms with E-state index in [1.165, 1.54) is 0 Å². The summed E-state index contributed by atoms with van der Waals surface area (Å²) in [7, 11) is 0. The molecule has 1 amide bonds. The Morgan fingerprint density at radius 1 is 1.41 bits per heavy atom. The highest BCUT2D eigenvalue weighted by molar-refractivity contribution is 9.10. The van der Waals surface area contributed by atoms with E-state index in [0.717, 1.165) is 15.9 Å². The van der Waals surface area contributed by atoms with Gasteiger partial charge in [0.05, 0.1) is 12.2 Å². The van der Waals surface area contributed by atoms with Gasteiger partial charge in [0.15, 0.2) is 0 Å². The highest BCUT2D eigenvalue weighted by Crippen LogP contribution is 2.36. The maximum atomic E-state index is 12.3. The Morgan fingerprint density at radius 3 is 2.76 bits per heavy atom. The van der Waals surface area contributed by atoms with Crippen LogP contribution in [0.25, 0.3) is 0 Å². The minimum atomic E-state index is -0.378. The van der Waals surface area contributed by atoms with E-state index >= 15 is 0 Å². The number of carbonyl (C=O) groups is 1. The summed E-state index contributed by atoms with van der Waals surface area (Å²) in [5.41, 5.74) is 0.474. The number of fused-ring (bicyclic) bond motifs is 1. The summed E-state index contributed by atoms with van der Waals surface area (Å²) < 4.78 is 6.51. The molecule has 92 valence electrons. The van der Waals surface area contributed by atoms with Crippen LogP contribution in [0, 0.1) is 5.41 Å². The third-order valence-corrected chi connectivity index (χ3v) is 3.16. The molecule has 1 aliphatic heterocycles. The van der Waals surface area contributed by atoms with E-state index in [9.17, 15) is 4.79 Å². The molecule has 0 aromatic heterocycles. The molecule has 0 N–H and O–H groups in total. The lowest BCUT2D eigenvalue weighted by atomic mass is 9.94. The Hall–Kier alpha value is -1.03. The molecule has 0 unspecified atom stereocenters. The molecule has 0 atom stereocenters. The van der Waals surface area contributed by atoms with Crippen molar-refractivity contribution >= 4 is 27.5 Å². The third kappa shape index (κ3) is 2.46. The summed E-state index contributed by atoms with van der Waals surface area (Å²) in [6, 6.07) is 5.74. The second-order valence-electron chi connectivity index (χ2n) is 5.17. The number of amides is 1. The molecule has 1 aromatic carbocycles. The molecule has 2 rings (SSSR count). The van der Waals surface area contributed by atoms with E-state index in [1.807, 2.05) is 43.9 Å². The lowest BCUT2D eigenvalue weighted by Crippen LogP contribution is -2.44. The van der Waals surface area contributed by atoms with Crippen LogP contribution in [0.15, 0.2) is 22.7 Å². The second kappa shape index (κ2) is 4.33. The van der Waals surface area contributed by atoms with Crippen molar-refractivity contribution in [3.05, 3.63) is 22.7 Å². The minimum absolute atomic E-state index is 0.125. The fourth-order valence-corrected chi connectivity index (χ4v) is 2.16. The van der Waals surface area contributed by atoms with Gasteiger partial charge in [0.2, 0.25) is 5.91 Å². The monoisotopic (exact) mass is 297 g/mol. The third-order valence-electron chi connectivity index (χ3n) is 2.67. The molecule has 0 fully saturated rings. The topological polar surface area (TPSA) is 29.5 Å². The smallest absolute Gasteiger partial charge is 0.232 e. The lowest BCUT2D eigenvalue weighted by molar-refractivity contribution is -0.126. The number of ether oxygens (including phenoxy) is 1. The normalized spacial score (nSPS) is 15.2. The highest BCUT2D eigenvalue weighted by atomic mass is 79.9. The van der Waals surface area contributed by atoms with Gasteiger partial charge < -0.3 is 9.64 Å². The molecule has 0 spiro atoms. The Bertz CT molecular complexity index is 451. The Morgan fingerprint density at radius 2 is 2.12 bits per heavy atom. The van der Waals surface area contributed by atoms with Crippen molar-refractivity contribution in [1.29, 1.82) is 0 Å². The van der Waals surface area contributed by atoms with Crippen LogP contribution in [-0.4, -0.2) is 19.1 Å². The zero-order valence-corrected chi connectivity index (χ0v) is 11.9. The predicted molar refractivity (Wildman–Crippen MR) is 71.4 cm³/mol. The van der Waals surface area contributed by atoms with Gasteiger partial charge in [-0.05, 0) is 18.2 Å². The maximum absolute atomic E-state index is 12.3. The van der Waals surface area contributed by atoms with Crippen LogP contribution in [-0.2, 0) is 4.79 Å². The average Bonchev–Trinajstić information content (AvgIpc) is 2.26. The summed E-state index contributed by atoms with van der Waals surface area (Å²) in [5.74, 6) is 0.900. The van der Waals surface area contributed by atoms with Gasteiger partial charge in [0.1, 0.15) is 12.4 Å². The van der Waals surface area contributed by atoms with Crippen LogP contribution in [0.5, 0.6) is 5.75 Å². The van der Waals surface area contributed by atoms with Gasteiger partial charge in [-0.3, -0.25) is 4.79 Å². The number of hydrogen-bond donors (Lipinski definition) is 0. The molecule has 1 aromatic rings. The zero-order chi connectivity index (χ0) is 12.6. The van der Waals surface area contributed by atoms with E-state index in [0.29, 0.717) is 13.2 Å². The van der Waals surface area contributed by atoms with Crippen LogP contribution in [0.4, 0.5) is 5.69 Å². The molecule has 0 aliphatic carbocycles. The number of carbonyl (C=O) groups excluding carboxylic acids is 1. The fraction of sp³-hybridized carbons (Fsp3) is 0.462. The van der Waals surface area contributed by atoms with Crippen molar-refractivity contribution in [2.45, 2.75) is 20.8 Å². The first-order valence-corrected chi connectivity index (χ1v) is 6.43. The summed E-state index contributed by atoms with van der Waals surface area (Å²) in [6.45, 7) is 6.96. The maximum Gasteiger partial charge on any atom is 0.232 e. The van der Waals surface area contributed by atoms with Gasteiger partial charge in [-0.1, -0.05) is 36.7 Å². The number of benzene rings is 1. The summed E-state index contributed by atoms with van der Waals surface area (Å²) in [5, 5.41) is 0. The molecule has 0 saturated carbocycles. The van der Waals surface area contributed by atoms with Gasteiger partial charge >= 0.3 is 0 Å². The molecule has 3 nitrogen and oxygen atoms in total. The number of halogens is 1. The first kappa shape index (κ1) is 12.4. The number of rotatable bonds is 0. The van der Waals surface area contributed by atoms with E-state index < -0.39 is 0 Å². The Labute approximate surface area is 110 Å². The van der Waals surface area contributed by atoms with Crippen LogP contribution in [0.1, 0.15) is 20.8 Å². The molecule has 0 bridgehead atoms. The second-order valence-corrected chi connectivity index (χ2v) is 6.08. The van der Waals surface area contributed by atoms with Gasteiger partial charge in [-0.2, -0.15) is 0 Å². The van der Waals surface area contributed by atoms with Gasteiger partial charge in [-0.25, -0.2) is 0 Å². The van der Waals surface area contributed by atoms with Crippen molar-refractivity contribution in [2.75, 3.05) is 18.1 Å². The molecule has 17 heavy (non-hydrogen) atoms. The molecular weight excluding hydrogens is 282 g/mol. The molecule has 0 radical (unpaired) electrons. The number of hydrogen-bond acceptors (Lipinski definition) is 2. The average molecular weight is 298 g/mol. The summed E-state index contributed by atoms with van der Waals surface area (Å²) in [4.78, 5) is 14.2. The van der Waals surface area contributed by atoms with Crippen molar-refractivity contribution in [2.24, 2.45) is 5.41 Å². The Kier molecular flexibility index (Phi) is 3.17. The van der Waals surface area contributed by atoms with Gasteiger partial charge in [0, 0.05) is 9.89 Å². The summed E-state index contributed by atoms with van der Waals surface area (Å²) >= 11 is 3.42. The van der Waals surface area contributed by atoms with Gasteiger partial charge in [0.25, 0.3) is 0 Å². The first-order chi connectivity index (χ1) is 7.89. The van der Waals surface area contributed by atoms with Crippen LogP contribution >= 0.6 is 15.9 Å². The molecule has 0 saturated heterocycles. The van der Waals surface area contributed by atoms with E-state index in [1.54, 1.807) is 0 Å². The molecular formula is C13H16BrNO2. The van der Waals surface area contributed by atoms with Gasteiger partial charge in [-0.15, -0.1) is 0 Å². The molecule has 1 heterocycles. The summed E-state index contributed by atoms with van der Waals surface area (Å²) in [6.07, 6.45) is 0. The van der Waals surface area contributed by atoms with E-state index in [4.69, 9.17) is 4.74 Å². The quantitative estimate of drug-likeness (QED) is 0.736. The largest absolute Gasteiger partial charge is 0.490 e. The van der Waals surface area contributed by atoms with E-state index in [-0.39, 0.29) is 11.3 Å². The Balaban J connectivity index is 2.41. The SMILES string of the molecule is CC(C)(C)C(=O)N1CCOc2ccc(Br)cc21. The van der Waals surface area contributed by atoms with Crippen molar-refractivity contribution in [1.82, 2.24) is 0 Å². The van der Waals surface area contributed by atoms with Crippen molar-refractivity contribution < 1.29 is 9.53 Å². The number of nitrogens with zero attached hydrogens (tertiary/aromatic N) is 1. The predicted octanol–water partition coefficient (Wildman–Crippen LogP) is 3.22. The molecule has 4 heteroatoms. The van der Waals surface area contributed by atoms with Crippen LogP contribution in [0.2, 0.25) is 0 Å². The lowest BCUT2D eigenvalue weighted by Gasteiger charge is -2.34. The standard InChI is InChI=1S/C13H16BrNO2/c1-13(2,3)12(16)15-6-7-17-11-5-4-9(14)8-10(11)15/h4-5,8H,6-7H2,1-3H3.